The van der Waals surface area contributed by atoms with Gasteiger partial charge < -0.3 is 15.7 Å². The Hall–Kier alpha value is -2.81. The fourth-order valence-electron chi connectivity index (χ4n) is 2.35. The second-order valence-corrected chi connectivity index (χ2v) is 7.29. The lowest BCUT2D eigenvalue weighted by Crippen LogP contribution is -2.46. The third kappa shape index (κ3) is 6.78. The minimum absolute atomic E-state index is 0.0401. The molecule has 0 aliphatic carbocycles. The van der Waals surface area contributed by atoms with Crippen LogP contribution in [0.2, 0.25) is 0 Å². The number of carbonyl (C=O) groups is 3. The fourth-order valence-corrected chi connectivity index (χ4v) is 3.16. The van der Waals surface area contributed by atoms with Gasteiger partial charge >= 0.3 is 5.97 Å². The van der Waals surface area contributed by atoms with Crippen LogP contribution in [0.25, 0.3) is 10.6 Å². The predicted octanol–water partition coefficient (Wildman–Crippen LogP) is 1.48. The number of carboxylic acid groups (broad SMARTS) is 1. The molecule has 0 aliphatic rings. The Labute approximate surface area is 161 Å². The molecule has 2 rings (SSSR count). The molecule has 9 heteroatoms. The molecule has 0 fully saturated rings. The van der Waals surface area contributed by atoms with E-state index >= 15 is 0 Å². The van der Waals surface area contributed by atoms with E-state index < -0.39 is 17.9 Å². The van der Waals surface area contributed by atoms with E-state index in [2.05, 4.69) is 20.6 Å². The van der Waals surface area contributed by atoms with E-state index in [0.717, 1.165) is 10.6 Å². The molecule has 3 N–H and O–H groups in total. The molecule has 2 heterocycles. The number of hydrogen-bond donors (Lipinski definition) is 3. The number of nitrogens with one attached hydrogen (secondary N) is 2. The molecule has 0 unspecified atom stereocenters. The molecule has 144 valence electrons. The van der Waals surface area contributed by atoms with Gasteiger partial charge in [-0.15, -0.1) is 11.3 Å². The molecule has 8 nitrogen and oxygen atoms in total. The molecule has 0 spiro atoms. The summed E-state index contributed by atoms with van der Waals surface area (Å²) in [4.78, 5) is 43.5. The van der Waals surface area contributed by atoms with E-state index in [0.29, 0.717) is 12.1 Å². The lowest BCUT2D eigenvalue weighted by Gasteiger charge is -2.16. The number of aromatic nitrogens is 2. The molecule has 0 bridgehead atoms. The highest BCUT2D eigenvalue weighted by Gasteiger charge is 2.21. The highest BCUT2D eigenvalue weighted by atomic mass is 32.1. The van der Waals surface area contributed by atoms with Gasteiger partial charge in [0.2, 0.25) is 11.8 Å². The van der Waals surface area contributed by atoms with Gasteiger partial charge in [0.15, 0.2) is 0 Å². The van der Waals surface area contributed by atoms with Crippen LogP contribution in [0.5, 0.6) is 0 Å². The van der Waals surface area contributed by atoms with Crippen molar-refractivity contribution in [2.24, 2.45) is 5.92 Å². The van der Waals surface area contributed by atoms with Crippen LogP contribution in [0.1, 0.15) is 26.0 Å². The van der Waals surface area contributed by atoms with Crippen molar-refractivity contribution in [2.45, 2.75) is 32.7 Å². The molecule has 27 heavy (non-hydrogen) atoms. The Morgan fingerprint density at radius 3 is 2.67 bits per heavy atom. The summed E-state index contributed by atoms with van der Waals surface area (Å²) in [5.74, 6) is -1.86. The van der Waals surface area contributed by atoms with E-state index in [4.69, 9.17) is 5.11 Å². The van der Waals surface area contributed by atoms with Crippen LogP contribution in [0.4, 0.5) is 0 Å². The van der Waals surface area contributed by atoms with E-state index in [1.165, 1.54) is 11.3 Å². The standard InChI is InChI=1S/C18H22N4O4S/c1-11(2)6-14(18(25)26)22-16(24)9-20-15(23)7-13-10-27-17(21-13)12-4-3-5-19-8-12/h3-5,8,10-11,14H,6-7,9H2,1-2H3,(H,20,23)(H,22,24)(H,25,26)/t14-/m0/s1. The van der Waals surface area contributed by atoms with Gasteiger partial charge in [-0.05, 0) is 24.5 Å². The average Bonchev–Trinajstić information content (AvgIpc) is 3.08. The lowest BCUT2D eigenvalue weighted by atomic mass is 10.0. The van der Waals surface area contributed by atoms with Gasteiger partial charge in [-0.3, -0.25) is 14.6 Å². The van der Waals surface area contributed by atoms with Crippen molar-refractivity contribution in [3.05, 3.63) is 35.6 Å². The molecule has 0 aromatic carbocycles. The van der Waals surface area contributed by atoms with Gasteiger partial charge in [-0.2, -0.15) is 0 Å². The summed E-state index contributed by atoms with van der Waals surface area (Å²) in [7, 11) is 0. The van der Waals surface area contributed by atoms with Crippen molar-refractivity contribution >= 4 is 29.1 Å². The van der Waals surface area contributed by atoms with Crippen molar-refractivity contribution in [1.29, 1.82) is 0 Å². The van der Waals surface area contributed by atoms with Crippen LogP contribution in [0.3, 0.4) is 0 Å². The van der Waals surface area contributed by atoms with Crippen molar-refractivity contribution < 1.29 is 19.5 Å². The van der Waals surface area contributed by atoms with Crippen LogP contribution in [0.15, 0.2) is 29.9 Å². The number of thiazole rings is 1. The normalized spacial score (nSPS) is 11.8. The zero-order valence-corrected chi connectivity index (χ0v) is 16.0. The molecular formula is C18H22N4O4S. The second-order valence-electron chi connectivity index (χ2n) is 6.43. The van der Waals surface area contributed by atoms with E-state index in [1.54, 1.807) is 17.8 Å². The van der Waals surface area contributed by atoms with Crippen LogP contribution in [-0.4, -0.2) is 45.4 Å². The first-order valence-corrected chi connectivity index (χ1v) is 9.36. The third-order valence-corrected chi connectivity index (χ3v) is 4.53. The van der Waals surface area contributed by atoms with Gasteiger partial charge in [-0.25, -0.2) is 9.78 Å². The molecular weight excluding hydrogens is 368 g/mol. The lowest BCUT2D eigenvalue weighted by molar-refractivity contribution is -0.142. The molecule has 2 aromatic heterocycles. The van der Waals surface area contributed by atoms with Gasteiger partial charge in [0.1, 0.15) is 11.0 Å². The smallest absolute Gasteiger partial charge is 0.326 e. The van der Waals surface area contributed by atoms with Gasteiger partial charge in [0, 0.05) is 23.3 Å². The summed E-state index contributed by atoms with van der Waals surface area (Å²) >= 11 is 1.41. The SMILES string of the molecule is CC(C)C[C@H](NC(=O)CNC(=O)Cc1csc(-c2cccnc2)n1)C(=O)O. The minimum atomic E-state index is -1.09. The number of pyridine rings is 1. The largest absolute Gasteiger partial charge is 0.480 e. The first kappa shape index (κ1) is 20.5. The van der Waals surface area contributed by atoms with Gasteiger partial charge in [0.05, 0.1) is 18.7 Å². The molecule has 1 atom stereocenters. The van der Waals surface area contributed by atoms with Crippen molar-refractivity contribution in [3.8, 4) is 10.6 Å². The van der Waals surface area contributed by atoms with Crippen LogP contribution < -0.4 is 10.6 Å². The summed E-state index contributed by atoms with van der Waals surface area (Å²) in [6.07, 6.45) is 3.74. The van der Waals surface area contributed by atoms with Crippen LogP contribution in [0, 0.1) is 5.92 Å². The van der Waals surface area contributed by atoms with Crippen LogP contribution in [-0.2, 0) is 20.8 Å². The van der Waals surface area contributed by atoms with Crippen molar-refractivity contribution in [1.82, 2.24) is 20.6 Å². The van der Waals surface area contributed by atoms with Crippen molar-refractivity contribution in [2.75, 3.05) is 6.54 Å². The predicted molar refractivity (Wildman–Crippen MR) is 101 cm³/mol. The zero-order chi connectivity index (χ0) is 19.8. The highest BCUT2D eigenvalue weighted by molar-refractivity contribution is 7.13. The van der Waals surface area contributed by atoms with E-state index in [1.807, 2.05) is 26.0 Å². The summed E-state index contributed by atoms with van der Waals surface area (Å²) < 4.78 is 0. The Morgan fingerprint density at radius 2 is 2.04 bits per heavy atom. The van der Waals surface area contributed by atoms with Gasteiger partial charge in [0.25, 0.3) is 0 Å². The van der Waals surface area contributed by atoms with Crippen LogP contribution >= 0.6 is 11.3 Å². The first-order valence-electron chi connectivity index (χ1n) is 8.48. The quantitative estimate of drug-likeness (QED) is 0.596. The number of rotatable bonds is 9. The number of nitrogens with zero attached hydrogens (tertiary/aromatic N) is 2. The summed E-state index contributed by atoms with van der Waals surface area (Å²) in [5.41, 5.74) is 1.47. The van der Waals surface area contributed by atoms with E-state index in [-0.39, 0.29) is 24.8 Å². The van der Waals surface area contributed by atoms with Gasteiger partial charge in [-0.1, -0.05) is 13.8 Å². The number of carbonyl (C=O) groups excluding carboxylic acids is 2. The second kappa shape index (κ2) is 9.77. The summed E-state index contributed by atoms with van der Waals surface area (Å²) in [6, 6.07) is 2.73. The van der Waals surface area contributed by atoms with E-state index in [9.17, 15) is 14.4 Å². The Balaban J connectivity index is 1.81. The molecule has 0 radical (unpaired) electrons. The fraction of sp³-hybridized carbons (Fsp3) is 0.389. The maximum atomic E-state index is 12.0. The Bertz CT molecular complexity index is 792. The molecule has 0 saturated carbocycles. The summed E-state index contributed by atoms with van der Waals surface area (Å²) in [6.45, 7) is 3.47. The third-order valence-electron chi connectivity index (χ3n) is 3.59. The Morgan fingerprint density at radius 1 is 1.26 bits per heavy atom. The molecule has 2 aromatic rings. The zero-order valence-electron chi connectivity index (χ0n) is 15.1. The van der Waals surface area contributed by atoms with Crippen molar-refractivity contribution in [3.63, 3.8) is 0 Å². The highest BCUT2D eigenvalue weighted by Crippen LogP contribution is 2.22. The summed E-state index contributed by atoms with van der Waals surface area (Å²) in [5, 5.41) is 16.6. The maximum Gasteiger partial charge on any atom is 0.326 e. The monoisotopic (exact) mass is 390 g/mol. The molecule has 2 amide bonds. The number of carboxylic acids is 1. The maximum absolute atomic E-state index is 12.0. The average molecular weight is 390 g/mol. The Kier molecular flexibility index (Phi) is 7.42. The number of amides is 2. The molecule has 0 saturated heterocycles. The minimum Gasteiger partial charge on any atom is -0.480 e. The first-order chi connectivity index (χ1) is 12.8. The molecule has 0 aliphatic heterocycles. The number of hydrogen-bond acceptors (Lipinski definition) is 6. The number of aliphatic carboxylic acids is 1. The topological polar surface area (TPSA) is 121 Å².